The molecule has 0 bridgehead atoms. The number of halogens is 1. The Bertz CT molecular complexity index is 456. The van der Waals surface area contributed by atoms with Crippen molar-refractivity contribution in [3.8, 4) is 11.5 Å². The molecule has 0 saturated carbocycles. The Labute approximate surface area is 102 Å². The lowest BCUT2D eigenvalue weighted by Gasteiger charge is -2.08. The first-order chi connectivity index (χ1) is 7.25. The molecule has 2 aromatic carbocycles. The summed E-state index contributed by atoms with van der Waals surface area (Å²) in [5.41, 5.74) is 6.50. The Kier molecular flexibility index (Phi) is 3.11. The SMILES string of the molecule is Nc1cc(I)ccc1Oc1ccccc1. The maximum atomic E-state index is 5.84. The molecule has 0 fully saturated rings. The zero-order chi connectivity index (χ0) is 10.7. The molecule has 0 amide bonds. The lowest BCUT2D eigenvalue weighted by atomic mass is 10.3. The second-order valence-corrected chi connectivity index (χ2v) is 4.34. The monoisotopic (exact) mass is 311 g/mol. The number of para-hydroxylation sites is 1. The van der Waals surface area contributed by atoms with Crippen LogP contribution in [0.2, 0.25) is 0 Å². The van der Waals surface area contributed by atoms with Crippen LogP contribution in [0.25, 0.3) is 0 Å². The molecule has 0 unspecified atom stereocenters. The van der Waals surface area contributed by atoms with E-state index in [9.17, 15) is 0 Å². The average Bonchev–Trinajstić information content (AvgIpc) is 2.24. The van der Waals surface area contributed by atoms with Gasteiger partial charge in [-0.1, -0.05) is 18.2 Å². The second kappa shape index (κ2) is 4.53. The predicted octanol–water partition coefficient (Wildman–Crippen LogP) is 3.67. The molecule has 0 aliphatic carbocycles. The summed E-state index contributed by atoms with van der Waals surface area (Å²) in [6.45, 7) is 0. The van der Waals surface area contributed by atoms with E-state index in [-0.39, 0.29) is 0 Å². The van der Waals surface area contributed by atoms with Crippen molar-refractivity contribution in [3.63, 3.8) is 0 Å². The van der Waals surface area contributed by atoms with Crippen LogP contribution >= 0.6 is 22.6 Å². The molecule has 2 rings (SSSR count). The molecule has 0 aliphatic heterocycles. The summed E-state index contributed by atoms with van der Waals surface area (Å²) in [6, 6.07) is 15.3. The van der Waals surface area contributed by atoms with Crippen molar-refractivity contribution >= 4 is 28.3 Å². The molecule has 0 atom stereocenters. The van der Waals surface area contributed by atoms with Gasteiger partial charge in [-0.15, -0.1) is 0 Å². The number of hydrogen-bond acceptors (Lipinski definition) is 2. The molecule has 0 aromatic heterocycles. The van der Waals surface area contributed by atoms with Crippen LogP contribution in [0.1, 0.15) is 0 Å². The minimum absolute atomic E-state index is 0.658. The van der Waals surface area contributed by atoms with Gasteiger partial charge in [-0.3, -0.25) is 0 Å². The zero-order valence-electron chi connectivity index (χ0n) is 7.98. The molecule has 2 nitrogen and oxygen atoms in total. The van der Waals surface area contributed by atoms with E-state index >= 15 is 0 Å². The van der Waals surface area contributed by atoms with Gasteiger partial charge in [0, 0.05) is 3.57 Å². The molecule has 76 valence electrons. The first-order valence-electron chi connectivity index (χ1n) is 4.53. The third-order valence-electron chi connectivity index (χ3n) is 1.94. The molecule has 2 aromatic rings. The summed E-state index contributed by atoms with van der Waals surface area (Å²) in [6.07, 6.45) is 0. The third-order valence-corrected chi connectivity index (χ3v) is 2.61. The normalized spacial score (nSPS) is 9.93. The van der Waals surface area contributed by atoms with Gasteiger partial charge in [-0.05, 0) is 52.9 Å². The maximum absolute atomic E-state index is 5.84. The molecule has 15 heavy (non-hydrogen) atoms. The van der Waals surface area contributed by atoms with Crippen molar-refractivity contribution in [2.75, 3.05) is 5.73 Å². The number of nitrogens with two attached hydrogens (primary N) is 1. The van der Waals surface area contributed by atoms with Crippen LogP contribution in [-0.2, 0) is 0 Å². The molecule has 0 aliphatic rings. The number of rotatable bonds is 2. The van der Waals surface area contributed by atoms with E-state index in [1.807, 2.05) is 48.5 Å². The van der Waals surface area contributed by atoms with Crippen LogP contribution in [0.5, 0.6) is 11.5 Å². The highest BCUT2D eigenvalue weighted by Gasteiger charge is 2.01. The van der Waals surface area contributed by atoms with Crippen molar-refractivity contribution in [1.82, 2.24) is 0 Å². The van der Waals surface area contributed by atoms with Crippen LogP contribution in [0.3, 0.4) is 0 Å². The number of ether oxygens (including phenoxy) is 1. The zero-order valence-corrected chi connectivity index (χ0v) is 10.1. The summed E-state index contributed by atoms with van der Waals surface area (Å²) in [5.74, 6) is 1.49. The molecule has 0 radical (unpaired) electrons. The van der Waals surface area contributed by atoms with E-state index < -0.39 is 0 Å². The fourth-order valence-electron chi connectivity index (χ4n) is 1.23. The number of hydrogen-bond donors (Lipinski definition) is 1. The van der Waals surface area contributed by atoms with E-state index in [1.54, 1.807) is 0 Å². The predicted molar refractivity (Wildman–Crippen MR) is 70.1 cm³/mol. The van der Waals surface area contributed by atoms with Gasteiger partial charge in [-0.25, -0.2) is 0 Å². The van der Waals surface area contributed by atoms with Crippen molar-refractivity contribution in [1.29, 1.82) is 0 Å². The molecular weight excluding hydrogens is 301 g/mol. The van der Waals surface area contributed by atoms with E-state index in [0.717, 1.165) is 9.32 Å². The minimum atomic E-state index is 0.658. The van der Waals surface area contributed by atoms with Crippen LogP contribution in [-0.4, -0.2) is 0 Å². The topological polar surface area (TPSA) is 35.2 Å². The van der Waals surface area contributed by atoms with Gasteiger partial charge < -0.3 is 10.5 Å². The Hall–Kier alpha value is -1.23. The first kappa shape index (κ1) is 10.3. The van der Waals surface area contributed by atoms with Gasteiger partial charge in [0.05, 0.1) is 5.69 Å². The van der Waals surface area contributed by atoms with Crippen LogP contribution < -0.4 is 10.5 Å². The van der Waals surface area contributed by atoms with Gasteiger partial charge >= 0.3 is 0 Å². The van der Waals surface area contributed by atoms with Crippen LogP contribution in [0.15, 0.2) is 48.5 Å². The Balaban J connectivity index is 2.25. The van der Waals surface area contributed by atoms with Crippen molar-refractivity contribution < 1.29 is 4.74 Å². The highest BCUT2D eigenvalue weighted by molar-refractivity contribution is 14.1. The van der Waals surface area contributed by atoms with Crippen molar-refractivity contribution in [2.45, 2.75) is 0 Å². The van der Waals surface area contributed by atoms with Gasteiger partial charge in [0.2, 0.25) is 0 Å². The van der Waals surface area contributed by atoms with E-state index in [2.05, 4.69) is 22.6 Å². The molecule has 0 spiro atoms. The molecule has 3 heteroatoms. The highest BCUT2D eigenvalue weighted by Crippen LogP contribution is 2.28. The second-order valence-electron chi connectivity index (χ2n) is 3.10. The lowest BCUT2D eigenvalue weighted by molar-refractivity contribution is 0.485. The van der Waals surface area contributed by atoms with Gasteiger partial charge in [0.25, 0.3) is 0 Å². The largest absolute Gasteiger partial charge is 0.455 e. The highest BCUT2D eigenvalue weighted by atomic mass is 127. The summed E-state index contributed by atoms with van der Waals surface area (Å²) in [7, 11) is 0. The summed E-state index contributed by atoms with van der Waals surface area (Å²) in [5, 5.41) is 0. The minimum Gasteiger partial charge on any atom is -0.455 e. The average molecular weight is 311 g/mol. The van der Waals surface area contributed by atoms with Crippen molar-refractivity contribution in [2.24, 2.45) is 0 Å². The summed E-state index contributed by atoms with van der Waals surface area (Å²) < 4.78 is 6.74. The quantitative estimate of drug-likeness (QED) is 0.678. The van der Waals surface area contributed by atoms with Crippen LogP contribution in [0, 0.1) is 3.57 Å². The first-order valence-corrected chi connectivity index (χ1v) is 5.61. The molecule has 0 saturated heterocycles. The van der Waals surface area contributed by atoms with Gasteiger partial charge in [0.1, 0.15) is 11.5 Å². The Morgan fingerprint density at radius 1 is 1.00 bits per heavy atom. The Morgan fingerprint density at radius 2 is 1.73 bits per heavy atom. The van der Waals surface area contributed by atoms with E-state index in [4.69, 9.17) is 10.5 Å². The number of benzene rings is 2. The molecule has 0 heterocycles. The fraction of sp³-hybridized carbons (Fsp3) is 0. The number of anilines is 1. The number of nitrogen functional groups attached to an aromatic ring is 1. The summed E-state index contributed by atoms with van der Waals surface area (Å²) >= 11 is 2.22. The third kappa shape index (κ3) is 2.62. The van der Waals surface area contributed by atoms with Crippen molar-refractivity contribution in [3.05, 3.63) is 52.1 Å². The smallest absolute Gasteiger partial charge is 0.150 e. The molecule has 2 N–H and O–H groups in total. The van der Waals surface area contributed by atoms with Crippen LogP contribution in [0.4, 0.5) is 5.69 Å². The van der Waals surface area contributed by atoms with E-state index in [0.29, 0.717) is 11.4 Å². The van der Waals surface area contributed by atoms with Gasteiger partial charge in [0.15, 0.2) is 0 Å². The fourth-order valence-corrected chi connectivity index (χ4v) is 1.74. The van der Waals surface area contributed by atoms with Gasteiger partial charge in [-0.2, -0.15) is 0 Å². The lowest BCUT2D eigenvalue weighted by Crippen LogP contribution is -1.92. The summed E-state index contributed by atoms with van der Waals surface area (Å²) in [4.78, 5) is 0. The van der Waals surface area contributed by atoms with E-state index in [1.165, 1.54) is 0 Å². The standard InChI is InChI=1S/C12H10INO/c13-9-6-7-12(11(14)8-9)15-10-4-2-1-3-5-10/h1-8H,14H2. The maximum Gasteiger partial charge on any atom is 0.150 e. The molecular formula is C12H10INO. The Morgan fingerprint density at radius 3 is 2.40 bits per heavy atom.